The molecule has 0 N–H and O–H groups in total. The third-order valence-electron chi connectivity index (χ3n) is 6.73. The summed E-state index contributed by atoms with van der Waals surface area (Å²) in [5, 5.41) is 0. The zero-order valence-corrected chi connectivity index (χ0v) is 21.3. The molecule has 2 aromatic carbocycles. The maximum Gasteiger partial charge on any atom is 0.271 e. The number of aromatic nitrogens is 1. The Morgan fingerprint density at radius 2 is 1.54 bits per heavy atom. The van der Waals surface area contributed by atoms with Gasteiger partial charge >= 0.3 is 0 Å². The van der Waals surface area contributed by atoms with E-state index >= 15 is 0 Å². The summed E-state index contributed by atoms with van der Waals surface area (Å²) in [6.45, 7) is 9.50. The van der Waals surface area contributed by atoms with Gasteiger partial charge in [0, 0.05) is 57.6 Å². The lowest BCUT2D eigenvalue weighted by atomic mass is 9.99. The number of rotatable bonds is 8. The second kappa shape index (κ2) is 11.0. The highest BCUT2D eigenvalue weighted by Gasteiger charge is 2.30. The zero-order chi connectivity index (χ0) is 24.9. The fourth-order valence-corrected chi connectivity index (χ4v) is 4.63. The first-order chi connectivity index (χ1) is 16.8. The van der Waals surface area contributed by atoms with Gasteiger partial charge in [0.1, 0.15) is 5.69 Å². The standard InChI is InChI=1S/C29H36N4O2/c1-22-10-12-25(13-11-22)28(34)26-23(2)20-33(21-24-8-6-5-7-9-24)27(26)29(35)32-18-16-31(17-19-32)15-14-30(3)4/h5-13,20H,14-19,21H2,1-4H3. The van der Waals surface area contributed by atoms with Crippen LogP contribution in [0.5, 0.6) is 0 Å². The second-order valence-corrected chi connectivity index (χ2v) is 9.78. The smallest absolute Gasteiger partial charge is 0.271 e. The Kier molecular flexibility index (Phi) is 7.83. The molecule has 0 aliphatic carbocycles. The van der Waals surface area contributed by atoms with Crippen LogP contribution < -0.4 is 0 Å². The highest BCUT2D eigenvalue weighted by atomic mass is 16.2. The number of aryl methyl sites for hydroxylation is 2. The van der Waals surface area contributed by atoms with E-state index in [1.54, 1.807) is 0 Å². The molecule has 0 radical (unpaired) electrons. The predicted molar refractivity (Wildman–Crippen MR) is 140 cm³/mol. The summed E-state index contributed by atoms with van der Waals surface area (Å²) in [5.74, 6) is -0.154. The molecule has 3 aromatic rings. The molecule has 0 atom stereocenters. The number of ketones is 1. The molecule has 0 unspecified atom stereocenters. The van der Waals surface area contributed by atoms with Crippen molar-refractivity contribution in [2.75, 3.05) is 53.4 Å². The number of amides is 1. The minimum atomic E-state index is -0.0951. The largest absolute Gasteiger partial charge is 0.338 e. The fraction of sp³-hybridized carbons (Fsp3) is 0.379. The molecule has 6 heteroatoms. The van der Waals surface area contributed by atoms with E-state index in [0.29, 0.717) is 36.5 Å². The minimum absolute atomic E-state index is 0.0586. The Labute approximate surface area is 208 Å². The van der Waals surface area contributed by atoms with Gasteiger partial charge in [0.2, 0.25) is 0 Å². The highest BCUT2D eigenvalue weighted by molar-refractivity contribution is 6.15. The van der Waals surface area contributed by atoms with Crippen molar-refractivity contribution in [3.8, 4) is 0 Å². The quantitative estimate of drug-likeness (QED) is 0.469. The minimum Gasteiger partial charge on any atom is -0.338 e. The maximum atomic E-state index is 13.9. The molecule has 1 aromatic heterocycles. The van der Waals surface area contributed by atoms with Gasteiger partial charge in [0.25, 0.3) is 5.91 Å². The molecule has 1 aliphatic heterocycles. The summed E-state index contributed by atoms with van der Waals surface area (Å²) in [5.41, 5.74) is 4.66. The number of carbonyl (C=O) groups excluding carboxylic acids is 2. The third-order valence-corrected chi connectivity index (χ3v) is 6.73. The van der Waals surface area contributed by atoms with Crippen LogP contribution in [0.2, 0.25) is 0 Å². The number of benzene rings is 2. The monoisotopic (exact) mass is 472 g/mol. The molecule has 6 nitrogen and oxygen atoms in total. The molecule has 1 fully saturated rings. The lowest BCUT2D eigenvalue weighted by Gasteiger charge is -2.35. The Bertz CT molecular complexity index is 1160. The van der Waals surface area contributed by atoms with Gasteiger partial charge < -0.3 is 14.4 Å². The van der Waals surface area contributed by atoms with E-state index in [4.69, 9.17) is 0 Å². The van der Waals surface area contributed by atoms with Crippen LogP contribution in [0.4, 0.5) is 0 Å². The number of nitrogens with zero attached hydrogens (tertiary/aromatic N) is 4. The lowest BCUT2D eigenvalue weighted by molar-refractivity contribution is 0.0617. The SMILES string of the molecule is Cc1ccc(C(=O)c2c(C)cn(Cc3ccccc3)c2C(=O)N2CCN(CCN(C)C)CC2)cc1. The van der Waals surface area contributed by atoms with Crippen molar-refractivity contribution >= 4 is 11.7 Å². The van der Waals surface area contributed by atoms with E-state index in [-0.39, 0.29) is 11.7 Å². The third kappa shape index (κ3) is 5.89. The maximum absolute atomic E-state index is 13.9. The molecular formula is C29H36N4O2. The van der Waals surface area contributed by atoms with Gasteiger partial charge in [0.15, 0.2) is 5.78 Å². The topological polar surface area (TPSA) is 48.8 Å². The van der Waals surface area contributed by atoms with Gasteiger partial charge in [-0.3, -0.25) is 14.5 Å². The molecule has 1 saturated heterocycles. The molecule has 184 valence electrons. The first-order valence-corrected chi connectivity index (χ1v) is 12.3. The Morgan fingerprint density at radius 1 is 0.886 bits per heavy atom. The molecule has 1 aliphatic rings. The summed E-state index contributed by atoms with van der Waals surface area (Å²) in [7, 11) is 4.16. The van der Waals surface area contributed by atoms with Crippen molar-refractivity contribution in [3.63, 3.8) is 0 Å². The van der Waals surface area contributed by atoms with Gasteiger partial charge in [-0.15, -0.1) is 0 Å². The van der Waals surface area contributed by atoms with Crippen molar-refractivity contribution < 1.29 is 9.59 Å². The summed E-state index contributed by atoms with van der Waals surface area (Å²) >= 11 is 0. The molecule has 35 heavy (non-hydrogen) atoms. The molecule has 2 heterocycles. The average Bonchev–Trinajstić information content (AvgIpc) is 3.18. The van der Waals surface area contributed by atoms with Crippen LogP contribution in [0, 0.1) is 13.8 Å². The van der Waals surface area contributed by atoms with Crippen LogP contribution in [0.15, 0.2) is 60.8 Å². The summed E-state index contributed by atoms with van der Waals surface area (Å²) in [6.07, 6.45) is 1.95. The van der Waals surface area contributed by atoms with E-state index in [1.807, 2.05) is 72.0 Å². The van der Waals surface area contributed by atoms with Gasteiger partial charge in [-0.05, 0) is 39.1 Å². The Hall–Kier alpha value is -3.22. The second-order valence-electron chi connectivity index (χ2n) is 9.78. The van der Waals surface area contributed by atoms with E-state index in [2.05, 4.69) is 36.0 Å². The molecule has 0 spiro atoms. The van der Waals surface area contributed by atoms with Crippen molar-refractivity contribution in [2.24, 2.45) is 0 Å². The molecule has 0 saturated carbocycles. The van der Waals surface area contributed by atoms with Gasteiger partial charge in [-0.2, -0.15) is 0 Å². The molecule has 0 bridgehead atoms. The number of likely N-dealkylation sites (N-methyl/N-ethyl adjacent to an activating group) is 1. The van der Waals surface area contributed by atoms with E-state index in [0.717, 1.165) is 42.9 Å². The first kappa shape index (κ1) is 24.9. The van der Waals surface area contributed by atoms with Crippen LogP contribution in [-0.4, -0.2) is 84.3 Å². The van der Waals surface area contributed by atoms with E-state index < -0.39 is 0 Å². The average molecular weight is 473 g/mol. The van der Waals surface area contributed by atoms with E-state index in [1.165, 1.54) is 0 Å². The van der Waals surface area contributed by atoms with E-state index in [9.17, 15) is 9.59 Å². The number of hydrogen-bond acceptors (Lipinski definition) is 4. The lowest BCUT2D eigenvalue weighted by Crippen LogP contribution is -2.50. The summed E-state index contributed by atoms with van der Waals surface area (Å²) in [4.78, 5) is 34.1. The number of piperazine rings is 1. The van der Waals surface area contributed by atoms with Gasteiger partial charge in [-0.25, -0.2) is 0 Å². The van der Waals surface area contributed by atoms with Crippen molar-refractivity contribution in [3.05, 3.63) is 94.3 Å². The molecule has 4 rings (SSSR count). The Balaban J connectivity index is 1.64. The van der Waals surface area contributed by atoms with Crippen molar-refractivity contribution in [2.45, 2.75) is 20.4 Å². The summed E-state index contributed by atoms with van der Waals surface area (Å²) < 4.78 is 1.97. The first-order valence-electron chi connectivity index (χ1n) is 12.3. The van der Waals surface area contributed by atoms with Crippen LogP contribution in [0.3, 0.4) is 0 Å². The van der Waals surface area contributed by atoms with Crippen molar-refractivity contribution in [1.82, 2.24) is 19.3 Å². The summed E-state index contributed by atoms with van der Waals surface area (Å²) in [6, 6.07) is 17.7. The van der Waals surface area contributed by atoms with Gasteiger partial charge in [-0.1, -0.05) is 60.2 Å². The van der Waals surface area contributed by atoms with Crippen molar-refractivity contribution in [1.29, 1.82) is 0 Å². The van der Waals surface area contributed by atoms with Crippen LogP contribution in [0.1, 0.15) is 43.1 Å². The Morgan fingerprint density at radius 3 is 2.17 bits per heavy atom. The normalized spacial score (nSPS) is 14.5. The van der Waals surface area contributed by atoms with Crippen LogP contribution >= 0.6 is 0 Å². The fourth-order valence-electron chi connectivity index (χ4n) is 4.63. The molecular weight excluding hydrogens is 436 g/mol. The van der Waals surface area contributed by atoms with Crippen LogP contribution in [-0.2, 0) is 6.54 Å². The molecule has 1 amide bonds. The van der Waals surface area contributed by atoms with Gasteiger partial charge in [0.05, 0.1) is 5.56 Å². The predicted octanol–water partition coefficient (Wildman–Crippen LogP) is 3.70. The van der Waals surface area contributed by atoms with Crippen LogP contribution in [0.25, 0.3) is 0 Å². The zero-order valence-electron chi connectivity index (χ0n) is 21.3. The number of hydrogen-bond donors (Lipinski definition) is 0. The number of carbonyl (C=O) groups is 2. The highest BCUT2D eigenvalue weighted by Crippen LogP contribution is 2.25.